The highest BCUT2D eigenvalue weighted by Gasteiger charge is 2.13. The lowest BCUT2D eigenvalue weighted by Crippen LogP contribution is -2.22. The highest BCUT2D eigenvalue weighted by Crippen LogP contribution is 2.20. The number of nitrogen functional groups attached to an aromatic ring is 2. The molecule has 0 radical (unpaired) electrons. The molecule has 2 aromatic heterocycles. The fourth-order valence-electron chi connectivity index (χ4n) is 1.31. The molecule has 0 aliphatic rings. The third-order valence-corrected chi connectivity index (χ3v) is 3.17. The summed E-state index contributed by atoms with van der Waals surface area (Å²) in [7, 11) is -3.85. The van der Waals surface area contributed by atoms with Gasteiger partial charge in [-0.3, -0.25) is 19.4 Å². The molecule has 2 rings (SSSR count). The van der Waals surface area contributed by atoms with Crippen LogP contribution in [0.4, 0.5) is 22.7 Å². The molecule has 0 saturated heterocycles. The number of aromatic nitrogens is 2. The molecule has 2 heterocycles. The summed E-state index contributed by atoms with van der Waals surface area (Å²) in [5.41, 5.74) is 12.1. The number of hydrogen-bond donors (Lipinski definition) is 4. The SMILES string of the molecule is Nc1cnccc1NS(=O)(=O)Nc1ccncc1N. The first-order valence-corrected chi connectivity index (χ1v) is 6.66. The van der Waals surface area contributed by atoms with Gasteiger partial charge >= 0.3 is 10.2 Å². The van der Waals surface area contributed by atoms with Gasteiger partial charge in [-0.05, 0) is 12.1 Å². The number of anilines is 4. The molecule has 19 heavy (non-hydrogen) atoms. The molecule has 100 valence electrons. The number of pyridine rings is 2. The second-order valence-corrected chi connectivity index (χ2v) is 5.05. The van der Waals surface area contributed by atoms with Crippen LogP contribution in [-0.2, 0) is 10.2 Å². The smallest absolute Gasteiger partial charge is 0.321 e. The van der Waals surface area contributed by atoms with Gasteiger partial charge < -0.3 is 11.5 Å². The Morgan fingerprint density at radius 2 is 1.32 bits per heavy atom. The molecule has 0 aliphatic carbocycles. The second kappa shape index (κ2) is 4.98. The summed E-state index contributed by atoms with van der Waals surface area (Å²) in [5, 5.41) is 0. The highest BCUT2D eigenvalue weighted by molar-refractivity contribution is 7.94. The number of nitrogens with one attached hydrogen (secondary N) is 2. The lowest BCUT2D eigenvalue weighted by Gasteiger charge is -2.12. The van der Waals surface area contributed by atoms with E-state index in [1.807, 2.05) is 0 Å². The van der Waals surface area contributed by atoms with Gasteiger partial charge in [0.1, 0.15) is 0 Å². The van der Waals surface area contributed by atoms with Gasteiger partial charge in [-0.2, -0.15) is 8.42 Å². The average molecular weight is 280 g/mol. The van der Waals surface area contributed by atoms with Crippen LogP contribution in [0, 0.1) is 0 Å². The predicted molar refractivity (Wildman–Crippen MR) is 73.5 cm³/mol. The summed E-state index contributed by atoms with van der Waals surface area (Å²) in [5.74, 6) is 0. The Hall–Kier alpha value is -2.55. The Morgan fingerprint density at radius 3 is 1.68 bits per heavy atom. The normalized spacial score (nSPS) is 10.9. The first kappa shape index (κ1) is 12.9. The van der Waals surface area contributed by atoms with Crippen molar-refractivity contribution in [3.8, 4) is 0 Å². The lowest BCUT2D eigenvalue weighted by atomic mass is 10.4. The Labute approximate surface area is 110 Å². The van der Waals surface area contributed by atoms with Crippen LogP contribution < -0.4 is 20.9 Å². The zero-order valence-corrected chi connectivity index (χ0v) is 10.6. The second-order valence-electron chi connectivity index (χ2n) is 3.63. The van der Waals surface area contributed by atoms with Crippen LogP contribution in [0.5, 0.6) is 0 Å². The van der Waals surface area contributed by atoms with E-state index in [2.05, 4.69) is 19.4 Å². The molecule has 0 spiro atoms. The Morgan fingerprint density at radius 1 is 0.895 bits per heavy atom. The summed E-state index contributed by atoms with van der Waals surface area (Å²) < 4.78 is 28.4. The number of nitrogens with zero attached hydrogens (tertiary/aromatic N) is 2. The summed E-state index contributed by atoms with van der Waals surface area (Å²) in [6.07, 6.45) is 5.54. The predicted octanol–water partition coefficient (Wildman–Crippen LogP) is 0.410. The molecule has 0 saturated carbocycles. The zero-order valence-electron chi connectivity index (χ0n) is 9.74. The maximum absolute atomic E-state index is 11.9. The van der Waals surface area contributed by atoms with Gasteiger partial charge in [0.15, 0.2) is 0 Å². The largest absolute Gasteiger partial charge is 0.396 e. The highest BCUT2D eigenvalue weighted by atomic mass is 32.2. The van der Waals surface area contributed by atoms with Crippen LogP contribution in [0.3, 0.4) is 0 Å². The van der Waals surface area contributed by atoms with Gasteiger partial charge in [0.25, 0.3) is 0 Å². The van der Waals surface area contributed by atoms with E-state index in [1.54, 1.807) is 0 Å². The monoisotopic (exact) mass is 280 g/mol. The van der Waals surface area contributed by atoms with Gasteiger partial charge in [-0.25, -0.2) is 0 Å². The third kappa shape index (κ3) is 3.22. The number of nitrogens with two attached hydrogens (primary N) is 2. The van der Waals surface area contributed by atoms with Crippen LogP contribution in [0.2, 0.25) is 0 Å². The van der Waals surface area contributed by atoms with Gasteiger partial charge in [-0.15, -0.1) is 0 Å². The standard InChI is InChI=1S/C10H12N6O2S/c11-7-5-13-3-1-9(7)15-19(17,18)16-10-2-4-14-6-8(10)12/h1-6H,11-12H2,(H,13,15)(H,14,16). The van der Waals surface area contributed by atoms with Crippen molar-refractivity contribution in [2.24, 2.45) is 0 Å². The molecule has 8 nitrogen and oxygen atoms in total. The number of rotatable bonds is 4. The van der Waals surface area contributed by atoms with E-state index in [9.17, 15) is 8.42 Å². The number of hydrogen-bond acceptors (Lipinski definition) is 6. The van der Waals surface area contributed by atoms with Gasteiger partial charge in [0.05, 0.1) is 35.1 Å². The van der Waals surface area contributed by atoms with Gasteiger partial charge in [-0.1, -0.05) is 0 Å². The Kier molecular flexibility index (Phi) is 3.38. The van der Waals surface area contributed by atoms with E-state index >= 15 is 0 Å². The minimum atomic E-state index is -3.85. The van der Waals surface area contributed by atoms with Crippen molar-refractivity contribution >= 4 is 33.0 Å². The molecular formula is C10H12N6O2S. The maximum atomic E-state index is 11.9. The Bertz CT molecular complexity index is 634. The third-order valence-electron chi connectivity index (χ3n) is 2.19. The summed E-state index contributed by atoms with van der Waals surface area (Å²) in [6, 6.07) is 2.90. The lowest BCUT2D eigenvalue weighted by molar-refractivity contribution is 0.606. The quantitative estimate of drug-likeness (QED) is 0.640. The van der Waals surface area contributed by atoms with E-state index < -0.39 is 10.2 Å². The molecule has 6 N–H and O–H groups in total. The van der Waals surface area contributed by atoms with E-state index in [1.165, 1.54) is 36.9 Å². The summed E-state index contributed by atoms with van der Waals surface area (Å²) >= 11 is 0. The molecule has 0 unspecified atom stereocenters. The molecule has 9 heteroatoms. The fraction of sp³-hybridized carbons (Fsp3) is 0. The van der Waals surface area contributed by atoms with Crippen molar-refractivity contribution < 1.29 is 8.42 Å². The maximum Gasteiger partial charge on any atom is 0.321 e. The van der Waals surface area contributed by atoms with E-state index in [0.717, 1.165) is 0 Å². The van der Waals surface area contributed by atoms with Gasteiger partial charge in [0.2, 0.25) is 0 Å². The minimum Gasteiger partial charge on any atom is -0.396 e. The van der Waals surface area contributed by atoms with Crippen molar-refractivity contribution in [2.75, 3.05) is 20.9 Å². The molecule has 0 fully saturated rings. The van der Waals surface area contributed by atoms with E-state index in [4.69, 9.17) is 11.5 Å². The van der Waals surface area contributed by atoms with Crippen LogP contribution in [-0.4, -0.2) is 18.4 Å². The minimum absolute atomic E-state index is 0.218. The van der Waals surface area contributed by atoms with E-state index in [-0.39, 0.29) is 22.7 Å². The first-order valence-electron chi connectivity index (χ1n) is 5.17. The van der Waals surface area contributed by atoms with Crippen molar-refractivity contribution in [3.63, 3.8) is 0 Å². The van der Waals surface area contributed by atoms with Crippen molar-refractivity contribution in [1.29, 1.82) is 0 Å². The van der Waals surface area contributed by atoms with Gasteiger partial charge in [0, 0.05) is 12.4 Å². The molecular weight excluding hydrogens is 268 g/mol. The fourth-order valence-corrected chi connectivity index (χ4v) is 2.32. The topological polar surface area (TPSA) is 136 Å². The van der Waals surface area contributed by atoms with Crippen molar-refractivity contribution in [2.45, 2.75) is 0 Å². The van der Waals surface area contributed by atoms with E-state index in [0.29, 0.717) is 0 Å². The average Bonchev–Trinajstić information content (AvgIpc) is 2.35. The van der Waals surface area contributed by atoms with Crippen LogP contribution in [0.25, 0.3) is 0 Å². The Balaban J connectivity index is 2.21. The molecule has 0 bridgehead atoms. The first-order chi connectivity index (χ1) is 8.98. The molecule has 0 aromatic carbocycles. The molecule has 0 amide bonds. The summed E-state index contributed by atoms with van der Waals surface area (Å²) in [6.45, 7) is 0. The van der Waals surface area contributed by atoms with Crippen LogP contribution in [0.15, 0.2) is 36.9 Å². The van der Waals surface area contributed by atoms with Crippen molar-refractivity contribution in [3.05, 3.63) is 36.9 Å². The summed E-state index contributed by atoms with van der Waals surface area (Å²) in [4.78, 5) is 7.53. The molecule has 0 atom stereocenters. The zero-order chi connectivity index (χ0) is 13.9. The molecule has 0 aliphatic heterocycles. The molecule has 2 aromatic rings. The van der Waals surface area contributed by atoms with Crippen molar-refractivity contribution in [1.82, 2.24) is 9.97 Å². The van der Waals surface area contributed by atoms with Crippen LogP contribution >= 0.6 is 0 Å². The van der Waals surface area contributed by atoms with Crippen LogP contribution in [0.1, 0.15) is 0 Å².